The molecule has 0 amide bonds. The molecule has 0 aliphatic heterocycles. The van der Waals surface area contributed by atoms with Gasteiger partial charge in [0.05, 0.1) is 5.56 Å². The van der Waals surface area contributed by atoms with Gasteiger partial charge in [-0.05, 0) is 85.3 Å². The summed E-state index contributed by atoms with van der Waals surface area (Å²) in [6, 6.07) is 17.0. The summed E-state index contributed by atoms with van der Waals surface area (Å²) < 4.78 is 55.9. The molecule has 0 nitrogen and oxygen atoms in total. The van der Waals surface area contributed by atoms with Crippen molar-refractivity contribution in [2.45, 2.75) is 19.8 Å². The highest BCUT2D eigenvalue weighted by molar-refractivity contribution is 5.84. The topological polar surface area (TPSA) is 0 Å². The molecule has 0 saturated heterocycles. The van der Waals surface area contributed by atoms with Crippen LogP contribution in [0.25, 0.3) is 10.8 Å². The van der Waals surface area contributed by atoms with Gasteiger partial charge in [-0.15, -0.1) is 0 Å². The van der Waals surface area contributed by atoms with E-state index in [9.17, 15) is 17.6 Å². The smallest absolute Gasteiger partial charge is 0.166 e. The first-order chi connectivity index (χ1) is 16.9. The summed E-state index contributed by atoms with van der Waals surface area (Å²) in [6.07, 6.45) is 5.12. The third-order valence-electron chi connectivity index (χ3n) is 5.41. The number of benzene rings is 4. The molecule has 0 aliphatic rings. The van der Waals surface area contributed by atoms with Crippen molar-refractivity contribution < 1.29 is 17.6 Å². The first-order valence-electron chi connectivity index (χ1n) is 11.1. The van der Waals surface area contributed by atoms with Crippen molar-refractivity contribution in [3.05, 3.63) is 130 Å². The Bertz CT molecular complexity index is 1520. The molecule has 0 saturated carbocycles. The predicted molar refractivity (Wildman–Crippen MR) is 132 cm³/mol. The Morgan fingerprint density at radius 3 is 1.91 bits per heavy atom. The minimum absolute atomic E-state index is 0.203. The average Bonchev–Trinajstić information content (AvgIpc) is 2.85. The number of rotatable bonds is 3. The molecule has 4 aromatic carbocycles. The number of halogens is 4. The van der Waals surface area contributed by atoms with E-state index in [0.717, 1.165) is 12.5 Å². The van der Waals surface area contributed by atoms with E-state index in [0.29, 0.717) is 34.1 Å². The highest BCUT2D eigenvalue weighted by atomic mass is 19.2. The quantitative estimate of drug-likeness (QED) is 0.164. The molecule has 35 heavy (non-hydrogen) atoms. The van der Waals surface area contributed by atoms with E-state index < -0.39 is 23.3 Å². The van der Waals surface area contributed by atoms with Crippen LogP contribution < -0.4 is 0 Å². The fourth-order valence-electron chi connectivity index (χ4n) is 3.56. The second kappa shape index (κ2) is 10.8. The van der Waals surface area contributed by atoms with E-state index in [4.69, 9.17) is 0 Å². The van der Waals surface area contributed by atoms with Crippen molar-refractivity contribution in [2.24, 2.45) is 0 Å². The molecule has 172 valence electrons. The summed E-state index contributed by atoms with van der Waals surface area (Å²) >= 11 is 0. The van der Waals surface area contributed by atoms with Gasteiger partial charge in [0.1, 0.15) is 11.6 Å². The summed E-state index contributed by atoms with van der Waals surface area (Å²) in [7, 11) is 0. The van der Waals surface area contributed by atoms with Gasteiger partial charge in [-0.25, -0.2) is 17.6 Å². The van der Waals surface area contributed by atoms with E-state index in [1.54, 1.807) is 36.4 Å². The molecule has 0 aliphatic carbocycles. The molecular formula is C31H20F4. The van der Waals surface area contributed by atoms with Crippen LogP contribution in [0.4, 0.5) is 17.6 Å². The van der Waals surface area contributed by atoms with Gasteiger partial charge in [-0.1, -0.05) is 48.0 Å². The minimum Gasteiger partial charge on any atom is -0.206 e. The fraction of sp³-hybridized carbons (Fsp3) is 0.0968. The first kappa shape index (κ1) is 23.9. The van der Waals surface area contributed by atoms with E-state index in [-0.39, 0.29) is 10.9 Å². The Hall–Kier alpha value is -4.28. The zero-order valence-corrected chi connectivity index (χ0v) is 18.9. The van der Waals surface area contributed by atoms with Crippen LogP contribution in [-0.2, 0) is 6.42 Å². The first-order valence-corrected chi connectivity index (χ1v) is 11.1. The van der Waals surface area contributed by atoms with Gasteiger partial charge in [-0.3, -0.25) is 0 Å². The number of fused-ring (bicyclic) bond motifs is 1. The third-order valence-corrected chi connectivity index (χ3v) is 5.41. The zero-order chi connectivity index (χ0) is 24.8. The molecule has 4 rings (SSSR count). The van der Waals surface area contributed by atoms with Crippen molar-refractivity contribution in [3.8, 4) is 23.7 Å². The van der Waals surface area contributed by atoms with Crippen molar-refractivity contribution in [1.29, 1.82) is 0 Å². The third kappa shape index (κ3) is 5.81. The van der Waals surface area contributed by atoms with Crippen LogP contribution in [0.2, 0.25) is 0 Å². The maximum Gasteiger partial charge on any atom is 0.166 e. The van der Waals surface area contributed by atoms with Crippen LogP contribution in [-0.4, -0.2) is 0 Å². The lowest BCUT2D eigenvalue weighted by atomic mass is 10.0. The molecule has 0 fully saturated rings. The van der Waals surface area contributed by atoms with Gasteiger partial charge in [0, 0.05) is 22.1 Å². The number of hydrogen-bond donors (Lipinski definition) is 0. The summed E-state index contributed by atoms with van der Waals surface area (Å²) in [5.74, 6) is 8.27. The number of aryl methyl sites for hydroxylation is 1. The zero-order valence-electron chi connectivity index (χ0n) is 18.9. The van der Waals surface area contributed by atoms with Gasteiger partial charge in [0.2, 0.25) is 0 Å². The summed E-state index contributed by atoms with van der Waals surface area (Å²) in [6.45, 7) is 1.90. The summed E-state index contributed by atoms with van der Waals surface area (Å²) in [4.78, 5) is 0. The molecule has 0 atom stereocenters. The van der Waals surface area contributed by atoms with Crippen molar-refractivity contribution in [2.75, 3.05) is 0 Å². The second-order valence-electron chi connectivity index (χ2n) is 7.92. The maximum atomic E-state index is 14.4. The monoisotopic (exact) mass is 468 g/mol. The molecule has 0 spiro atoms. The Labute approximate surface area is 201 Å². The molecule has 4 heteroatoms. The van der Waals surface area contributed by atoms with Crippen LogP contribution in [0.15, 0.2) is 78.9 Å². The van der Waals surface area contributed by atoms with Crippen LogP contribution >= 0.6 is 0 Å². The van der Waals surface area contributed by atoms with Gasteiger partial charge >= 0.3 is 0 Å². The number of hydrogen-bond acceptors (Lipinski definition) is 0. The lowest BCUT2D eigenvalue weighted by Crippen LogP contribution is -1.95. The summed E-state index contributed by atoms with van der Waals surface area (Å²) in [5, 5.41) is 0.765. The molecule has 0 N–H and O–H groups in total. The molecule has 0 aromatic heterocycles. The molecule has 0 bridgehead atoms. The van der Waals surface area contributed by atoms with Crippen molar-refractivity contribution >= 4 is 10.8 Å². The Morgan fingerprint density at radius 2 is 1.26 bits per heavy atom. The maximum absolute atomic E-state index is 14.4. The van der Waals surface area contributed by atoms with Gasteiger partial charge in [0.15, 0.2) is 11.6 Å². The van der Waals surface area contributed by atoms with E-state index in [2.05, 4.69) is 23.7 Å². The molecule has 0 radical (unpaired) electrons. The van der Waals surface area contributed by atoms with Crippen LogP contribution in [0.3, 0.4) is 0 Å². The van der Waals surface area contributed by atoms with Gasteiger partial charge in [0.25, 0.3) is 0 Å². The van der Waals surface area contributed by atoms with E-state index >= 15 is 0 Å². The van der Waals surface area contributed by atoms with Crippen molar-refractivity contribution in [3.63, 3.8) is 0 Å². The lowest BCUT2D eigenvalue weighted by Gasteiger charge is -2.03. The Balaban J connectivity index is 1.49. The standard InChI is InChI=1S/C31H20F4/c1-2-3-4-5-24-19-29(33)27(30(34)20-24)16-12-22-8-6-21(7-9-22)10-11-23-13-15-26-25(18-23)14-17-28(32)31(26)35/h2-3,6-9,13-15,17-20H,4-5H2,1H3/b3-2+. The molecular weight excluding hydrogens is 448 g/mol. The lowest BCUT2D eigenvalue weighted by molar-refractivity contribution is 0.517. The average molecular weight is 468 g/mol. The largest absolute Gasteiger partial charge is 0.206 e. The molecule has 4 aromatic rings. The molecule has 0 unspecified atom stereocenters. The SMILES string of the molecule is C/C=C/CCc1cc(F)c(C#Cc2ccc(C#Cc3ccc4c(F)c(F)ccc4c3)cc2)c(F)c1. The van der Waals surface area contributed by atoms with E-state index in [1.807, 2.05) is 19.1 Å². The number of allylic oxidation sites excluding steroid dienone is 2. The highest BCUT2D eigenvalue weighted by Crippen LogP contribution is 2.21. The van der Waals surface area contributed by atoms with Gasteiger partial charge in [-0.2, -0.15) is 0 Å². The van der Waals surface area contributed by atoms with Crippen LogP contribution in [0, 0.1) is 47.0 Å². The molecule has 0 heterocycles. The van der Waals surface area contributed by atoms with Crippen LogP contribution in [0.5, 0.6) is 0 Å². The Kier molecular flexibility index (Phi) is 7.34. The van der Waals surface area contributed by atoms with E-state index in [1.165, 1.54) is 24.3 Å². The fourth-order valence-corrected chi connectivity index (χ4v) is 3.56. The second-order valence-corrected chi connectivity index (χ2v) is 7.92. The highest BCUT2D eigenvalue weighted by Gasteiger charge is 2.09. The summed E-state index contributed by atoms with van der Waals surface area (Å²) in [5.41, 5.74) is 2.30. The predicted octanol–water partition coefficient (Wildman–Crippen LogP) is 7.70. The normalized spacial score (nSPS) is 10.7. The van der Waals surface area contributed by atoms with Crippen LogP contribution in [0.1, 0.15) is 41.2 Å². The van der Waals surface area contributed by atoms with Crippen molar-refractivity contribution in [1.82, 2.24) is 0 Å². The van der Waals surface area contributed by atoms with Gasteiger partial charge < -0.3 is 0 Å². The Morgan fingerprint density at radius 1 is 0.657 bits per heavy atom. The minimum atomic E-state index is -0.887.